The molecule has 96 valence electrons. The van der Waals surface area contributed by atoms with Crippen LogP contribution >= 0.6 is 0 Å². The van der Waals surface area contributed by atoms with Gasteiger partial charge in [0.05, 0.1) is 0 Å². The molecule has 0 saturated heterocycles. The van der Waals surface area contributed by atoms with E-state index in [9.17, 15) is 22.0 Å². The standard InChI is InChI=1S/C10H10F5NO/c11-6-2-1-3-7(9(6)12)17-8(4-5-16)10(13,14)15/h1-3,8H,4-5,16H2. The summed E-state index contributed by atoms with van der Waals surface area (Å²) in [6, 6.07) is 2.77. The van der Waals surface area contributed by atoms with Crippen molar-refractivity contribution >= 4 is 0 Å². The highest BCUT2D eigenvalue weighted by molar-refractivity contribution is 5.25. The lowest BCUT2D eigenvalue weighted by Crippen LogP contribution is -2.36. The fourth-order valence-corrected chi connectivity index (χ4v) is 1.17. The minimum absolute atomic E-state index is 0.277. The molecule has 1 unspecified atom stereocenters. The third kappa shape index (κ3) is 3.55. The van der Waals surface area contributed by atoms with E-state index in [4.69, 9.17) is 5.73 Å². The van der Waals surface area contributed by atoms with Crippen LogP contribution in [0, 0.1) is 11.6 Å². The summed E-state index contributed by atoms with van der Waals surface area (Å²) < 4.78 is 67.5. The van der Waals surface area contributed by atoms with Gasteiger partial charge in [-0.15, -0.1) is 0 Å². The van der Waals surface area contributed by atoms with E-state index in [0.29, 0.717) is 0 Å². The van der Waals surface area contributed by atoms with Crippen molar-refractivity contribution in [2.75, 3.05) is 6.54 Å². The van der Waals surface area contributed by atoms with Crippen LogP contribution < -0.4 is 10.5 Å². The SMILES string of the molecule is NCCC(Oc1cccc(F)c1F)C(F)(F)F. The third-order valence-corrected chi connectivity index (χ3v) is 1.98. The summed E-state index contributed by atoms with van der Waals surface area (Å²) in [6.45, 7) is -0.277. The van der Waals surface area contributed by atoms with Gasteiger partial charge in [-0.1, -0.05) is 6.07 Å². The van der Waals surface area contributed by atoms with Gasteiger partial charge in [-0.2, -0.15) is 17.6 Å². The van der Waals surface area contributed by atoms with Crippen molar-refractivity contribution in [2.45, 2.75) is 18.7 Å². The molecule has 0 spiro atoms. The molecule has 0 aliphatic carbocycles. The van der Waals surface area contributed by atoms with Crippen LogP contribution in [0.1, 0.15) is 6.42 Å². The molecule has 0 aliphatic heterocycles. The fourth-order valence-electron chi connectivity index (χ4n) is 1.17. The second kappa shape index (κ2) is 5.31. The topological polar surface area (TPSA) is 35.2 Å². The zero-order valence-electron chi connectivity index (χ0n) is 8.60. The molecule has 1 aromatic carbocycles. The lowest BCUT2D eigenvalue weighted by Gasteiger charge is -2.21. The maximum Gasteiger partial charge on any atom is 0.425 e. The number of nitrogens with two attached hydrogens (primary N) is 1. The van der Waals surface area contributed by atoms with Crippen molar-refractivity contribution in [1.29, 1.82) is 0 Å². The number of alkyl halides is 3. The molecule has 17 heavy (non-hydrogen) atoms. The van der Waals surface area contributed by atoms with E-state index < -0.39 is 36.1 Å². The van der Waals surface area contributed by atoms with Gasteiger partial charge in [-0.25, -0.2) is 4.39 Å². The first kappa shape index (κ1) is 13.7. The van der Waals surface area contributed by atoms with Crippen molar-refractivity contribution in [3.8, 4) is 5.75 Å². The highest BCUT2D eigenvalue weighted by Gasteiger charge is 2.41. The summed E-state index contributed by atoms with van der Waals surface area (Å²) in [5.74, 6) is -3.49. The summed E-state index contributed by atoms with van der Waals surface area (Å²) in [6.07, 6.45) is -7.46. The summed E-state index contributed by atoms with van der Waals surface area (Å²) in [5, 5.41) is 0. The monoisotopic (exact) mass is 255 g/mol. The lowest BCUT2D eigenvalue weighted by atomic mass is 10.2. The number of halogens is 5. The van der Waals surface area contributed by atoms with Crippen molar-refractivity contribution in [3.63, 3.8) is 0 Å². The van der Waals surface area contributed by atoms with Crippen molar-refractivity contribution in [2.24, 2.45) is 5.73 Å². The molecule has 1 rings (SSSR count). The van der Waals surface area contributed by atoms with E-state index in [-0.39, 0.29) is 6.54 Å². The van der Waals surface area contributed by atoms with E-state index >= 15 is 0 Å². The molecule has 0 amide bonds. The Morgan fingerprint density at radius 2 is 1.88 bits per heavy atom. The molecule has 0 bridgehead atoms. The summed E-state index contributed by atoms with van der Waals surface area (Å²) in [4.78, 5) is 0. The minimum Gasteiger partial charge on any atom is -0.478 e. The zero-order valence-corrected chi connectivity index (χ0v) is 8.60. The molecule has 0 radical (unpaired) electrons. The van der Waals surface area contributed by atoms with Crippen LogP contribution in [-0.2, 0) is 0 Å². The normalized spacial score (nSPS) is 13.5. The van der Waals surface area contributed by atoms with Gasteiger partial charge >= 0.3 is 6.18 Å². The van der Waals surface area contributed by atoms with Gasteiger partial charge in [0.15, 0.2) is 17.7 Å². The first-order valence-corrected chi connectivity index (χ1v) is 4.73. The number of benzene rings is 1. The molecule has 1 atom stereocenters. The maximum absolute atomic E-state index is 13.1. The molecular weight excluding hydrogens is 245 g/mol. The van der Waals surface area contributed by atoms with E-state index in [2.05, 4.69) is 4.74 Å². The molecule has 0 saturated carbocycles. The van der Waals surface area contributed by atoms with E-state index in [0.717, 1.165) is 18.2 Å². The van der Waals surface area contributed by atoms with Gasteiger partial charge < -0.3 is 10.5 Å². The van der Waals surface area contributed by atoms with E-state index in [1.54, 1.807) is 0 Å². The number of hydrogen-bond acceptors (Lipinski definition) is 2. The number of hydrogen-bond donors (Lipinski definition) is 1. The molecule has 0 aromatic heterocycles. The van der Waals surface area contributed by atoms with Gasteiger partial charge in [-0.05, 0) is 18.7 Å². The molecule has 7 heteroatoms. The lowest BCUT2D eigenvalue weighted by molar-refractivity contribution is -0.196. The van der Waals surface area contributed by atoms with E-state index in [1.807, 2.05) is 0 Å². The van der Waals surface area contributed by atoms with Crippen LogP contribution in [0.15, 0.2) is 18.2 Å². The maximum atomic E-state index is 13.1. The van der Waals surface area contributed by atoms with Crippen molar-refractivity contribution in [3.05, 3.63) is 29.8 Å². The highest BCUT2D eigenvalue weighted by atomic mass is 19.4. The van der Waals surface area contributed by atoms with Crippen LogP contribution in [0.3, 0.4) is 0 Å². The molecule has 1 aromatic rings. The number of rotatable bonds is 4. The summed E-state index contributed by atoms with van der Waals surface area (Å²) in [5.41, 5.74) is 5.00. The summed E-state index contributed by atoms with van der Waals surface area (Å²) in [7, 11) is 0. The predicted molar refractivity (Wildman–Crippen MR) is 50.5 cm³/mol. The van der Waals surface area contributed by atoms with Gasteiger partial charge in [-0.3, -0.25) is 0 Å². The minimum atomic E-state index is -4.68. The average Bonchev–Trinajstić information content (AvgIpc) is 2.22. The Morgan fingerprint density at radius 3 is 2.41 bits per heavy atom. The Labute approximate surface area is 94.2 Å². The first-order chi connectivity index (χ1) is 7.86. The average molecular weight is 255 g/mol. The molecule has 2 nitrogen and oxygen atoms in total. The van der Waals surface area contributed by atoms with Crippen molar-refractivity contribution in [1.82, 2.24) is 0 Å². The second-order valence-corrected chi connectivity index (χ2v) is 3.28. The largest absolute Gasteiger partial charge is 0.478 e. The Bertz CT molecular complexity index is 379. The smallest absolute Gasteiger partial charge is 0.425 e. The van der Waals surface area contributed by atoms with Crippen LogP contribution in [0.25, 0.3) is 0 Å². The Morgan fingerprint density at radius 1 is 1.24 bits per heavy atom. The van der Waals surface area contributed by atoms with Crippen molar-refractivity contribution < 1.29 is 26.7 Å². The third-order valence-electron chi connectivity index (χ3n) is 1.98. The molecule has 2 N–H and O–H groups in total. The highest BCUT2D eigenvalue weighted by Crippen LogP contribution is 2.29. The molecule has 0 aliphatic rings. The summed E-state index contributed by atoms with van der Waals surface area (Å²) >= 11 is 0. The van der Waals surface area contributed by atoms with Crippen LogP contribution in [0.2, 0.25) is 0 Å². The molecular formula is C10H10F5NO. The Balaban J connectivity index is 2.90. The van der Waals surface area contributed by atoms with Gasteiger partial charge in [0, 0.05) is 6.42 Å². The van der Waals surface area contributed by atoms with Crippen LogP contribution in [0.4, 0.5) is 22.0 Å². The zero-order chi connectivity index (χ0) is 13.1. The van der Waals surface area contributed by atoms with Gasteiger partial charge in [0.25, 0.3) is 0 Å². The molecule has 0 fully saturated rings. The molecule has 0 heterocycles. The second-order valence-electron chi connectivity index (χ2n) is 3.28. The number of ether oxygens (including phenoxy) is 1. The first-order valence-electron chi connectivity index (χ1n) is 4.73. The predicted octanol–water partition coefficient (Wildman–Crippen LogP) is 2.62. The van der Waals surface area contributed by atoms with Gasteiger partial charge in [0.1, 0.15) is 0 Å². The van der Waals surface area contributed by atoms with Gasteiger partial charge in [0.2, 0.25) is 5.82 Å². The van der Waals surface area contributed by atoms with E-state index in [1.165, 1.54) is 0 Å². The Kier molecular flexibility index (Phi) is 4.28. The van der Waals surface area contributed by atoms with Crippen LogP contribution in [-0.4, -0.2) is 18.8 Å². The van der Waals surface area contributed by atoms with Crippen LogP contribution in [0.5, 0.6) is 5.75 Å². The Hall–Kier alpha value is -1.37. The quantitative estimate of drug-likeness (QED) is 0.839. The fraction of sp³-hybridized carbons (Fsp3) is 0.400.